The molecule has 1 N–H and O–H groups in total. The number of benzene rings is 1. The molecule has 1 aliphatic rings. The molecule has 0 bridgehead atoms. The molecule has 0 aliphatic carbocycles. The molecule has 9 heteroatoms. The van der Waals surface area contributed by atoms with Gasteiger partial charge in [0.2, 0.25) is 0 Å². The molecule has 1 aliphatic heterocycles. The summed E-state index contributed by atoms with van der Waals surface area (Å²) >= 11 is 5.83. The fraction of sp³-hybridized carbons (Fsp3) is 0.333. The molecule has 2 aromatic heterocycles. The van der Waals surface area contributed by atoms with Crippen LogP contribution in [-0.4, -0.2) is 39.3 Å². The van der Waals surface area contributed by atoms with Gasteiger partial charge in [0.25, 0.3) is 0 Å². The lowest BCUT2D eigenvalue weighted by Crippen LogP contribution is -2.26. The van der Waals surface area contributed by atoms with Crippen LogP contribution in [0.1, 0.15) is 19.3 Å². The highest BCUT2D eigenvalue weighted by atomic mass is 35.5. The molecular formula is C18H17ClFN5O2. The van der Waals surface area contributed by atoms with E-state index in [4.69, 9.17) is 21.1 Å². The van der Waals surface area contributed by atoms with Gasteiger partial charge in [0.15, 0.2) is 5.82 Å². The van der Waals surface area contributed by atoms with Crippen LogP contribution in [0.25, 0.3) is 11.0 Å². The molecule has 0 saturated carbocycles. The average molecular weight is 390 g/mol. The number of ether oxygens (including phenoxy) is 2. The van der Waals surface area contributed by atoms with Crippen molar-refractivity contribution in [2.75, 3.05) is 18.5 Å². The highest BCUT2D eigenvalue weighted by Gasteiger charge is 2.16. The van der Waals surface area contributed by atoms with Crippen LogP contribution in [0.5, 0.6) is 6.01 Å². The summed E-state index contributed by atoms with van der Waals surface area (Å²) < 4.78 is 24.7. The van der Waals surface area contributed by atoms with Gasteiger partial charge in [0.1, 0.15) is 29.8 Å². The average Bonchev–Trinajstić information content (AvgIpc) is 2.70. The van der Waals surface area contributed by atoms with E-state index in [0.717, 1.165) is 25.9 Å². The first-order chi connectivity index (χ1) is 13.2. The maximum atomic E-state index is 13.3. The minimum atomic E-state index is -0.488. The number of aromatic nitrogens is 4. The van der Waals surface area contributed by atoms with E-state index in [1.165, 1.54) is 18.5 Å². The van der Waals surface area contributed by atoms with Gasteiger partial charge in [0.05, 0.1) is 17.3 Å². The van der Waals surface area contributed by atoms with E-state index in [1.54, 1.807) is 12.3 Å². The lowest BCUT2D eigenvalue weighted by atomic mass is 10.1. The lowest BCUT2D eigenvalue weighted by molar-refractivity contribution is -0.0128. The first kappa shape index (κ1) is 17.8. The van der Waals surface area contributed by atoms with Crippen molar-refractivity contribution in [3.05, 3.63) is 41.6 Å². The van der Waals surface area contributed by atoms with Crippen LogP contribution in [-0.2, 0) is 4.74 Å². The Morgan fingerprint density at radius 3 is 3.00 bits per heavy atom. The van der Waals surface area contributed by atoms with Gasteiger partial charge in [0, 0.05) is 12.3 Å². The zero-order chi connectivity index (χ0) is 18.6. The molecule has 27 heavy (non-hydrogen) atoms. The Labute approximate surface area is 159 Å². The molecule has 1 unspecified atom stereocenters. The molecule has 1 saturated heterocycles. The van der Waals surface area contributed by atoms with E-state index in [1.807, 2.05) is 0 Å². The summed E-state index contributed by atoms with van der Waals surface area (Å²) in [6.07, 6.45) is 6.22. The van der Waals surface area contributed by atoms with Crippen LogP contribution in [0, 0.1) is 5.82 Å². The summed E-state index contributed by atoms with van der Waals surface area (Å²) in [6, 6.07) is 4.55. The number of fused-ring (bicyclic) bond motifs is 1. The number of nitrogens with one attached hydrogen (secondary N) is 1. The number of halogens is 2. The molecule has 1 fully saturated rings. The summed E-state index contributed by atoms with van der Waals surface area (Å²) in [6.45, 7) is 1.16. The van der Waals surface area contributed by atoms with Crippen LogP contribution < -0.4 is 10.1 Å². The molecule has 140 valence electrons. The molecule has 0 radical (unpaired) electrons. The van der Waals surface area contributed by atoms with Gasteiger partial charge in [-0.2, -0.15) is 4.98 Å². The number of nitrogens with zero attached hydrogens (tertiary/aromatic N) is 4. The summed E-state index contributed by atoms with van der Waals surface area (Å²) in [4.78, 5) is 17.0. The quantitative estimate of drug-likeness (QED) is 0.708. The van der Waals surface area contributed by atoms with Crippen molar-refractivity contribution >= 4 is 34.1 Å². The van der Waals surface area contributed by atoms with Gasteiger partial charge in [-0.05, 0) is 37.5 Å². The third-order valence-corrected chi connectivity index (χ3v) is 4.50. The Hall–Kier alpha value is -2.58. The Morgan fingerprint density at radius 2 is 2.19 bits per heavy atom. The highest BCUT2D eigenvalue weighted by Crippen LogP contribution is 2.25. The van der Waals surface area contributed by atoms with Gasteiger partial charge in [-0.15, -0.1) is 0 Å². The second-order valence-corrected chi connectivity index (χ2v) is 6.57. The van der Waals surface area contributed by atoms with Crippen LogP contribution in [0.2, 0.25) is 5.02 Å². The Kier molecular flexibility index (Phi) is 5.26. The summed E-state index contributed by atoms with van der Waals surface area (Å²) in [5, 5.41) is 3.09. The van der Waals surface area contributed by atoms with E-state index < -0.39 is 5.82 Å². The molecule has 3 heterocycles. The van der Waals surface area contributed by atoms with Crippen molar-refractivity contribution in [3.8, 4) is 6.01 Å². The number of hydrogen-bond donors (Lipinski definition) is 1. The van der Waals surface area contributed by atoms with Crippen LogP contribution >= 0.6 is 11.6 Å². The monoisotopic (exact) mass is 389 g/mol. The van der Waals surface area contributed by atoms with Gasteiger partial charge in [-0.25, -0.2) is 19.3 Å². The van der Waals surface area contributed by atoms with Crippen molar-refractivity contribution in [3.63, 3.8) is 0 Å². The maximum absolute atomic E-state index is 13.3. The predicted molar refractivity (Wildman–Crippen MR) is 98.9 cm³/mol. The fourth-order valence-electron chi connectivity index (χ4n) is 2.82. The van der Waals surface area contributed by atoms with Crippen molar-refractivity contribution < 1.29 is 13.9 Å². The smallest absolute Gasteiger partial charge is 0.317 e. The molecule has 3 aromatic rings. The molecule has 0 amide bonds. The number of hydrogen-bond acceptors (Lipinski definition) is 7. The minimum absolute atomic E-state index is 0.0180. The Bertz CT molecular complexity index is 952. The highest BCUT2D eigenvalue weighted by molar-refractivity contribution is 6.31. The molecule has 1 aromatic carbocycles. The standard InChI is InChI=1S/C18H17ClFN5O2/c19-13-7-11(4-5-14(13)20)24-17-16-15(22-10-23-17)8-21-18(25-16)27-9-12-3-1-2-6-26-12/h4-5,7-8,10,12H,1-3,6,9H2,(H,22,23,24). The first-order valence-electron chi connectivity index (χ1n) is 8.63. The molecule has 1 atom stereocenters. The molecule has 4 rings (SSSR count). The summed E-state index contributed by atoms with van der Waals surface area (Å²) in [5.74, 6) is -0.0402. The van der Waals surface area contributed by atoms with Crippen LogP contribution in [0.3, 0.4) is 0 Å². The molecule has 0 spiro atoms. The zero-order valence-electron chi connectivity index (χ0n) is 14.4. The summed E-state index contributed by atoms with van der Waals surface area (Å²) in [7, 11) is 0. The van der Waals surface area contributed by atoms with E-state index in [2.05, 4.69) is 25.3 Å². The van der Waals surface area contributed by atoms with Crippen LogP contribution in [0.4, 0.5) is 15.9 Å². The normalized spacial score (nSPS) is 17.0. The van der Waals surface area contributed by atoms with Gasteiger partial charge >= 0.3 is 6.01 Å². The zero-order valence-corrected chi connectivity index (χ0v) is 15.1. The largest absolute Gasteiger partial charge is 0.461 e. The molecule has 7 nitrogen and oxygen atoms in total. The second-order valence-electron chi connectivity index (χ2n) is 6.16. The van der Waals surface area contributed by atoms with E-state index in [-0.39, 0.29) is 17.1 Å². The maximum Gasteiger partial charge on any atom is 0.317 e. The fourth-order valence-corrected chi connectivity index (χ4v) is 3.00. The van der Waals surface area contributed by atoms with Crippen molar-refractivity contribution in [1.29, 1.82) is 0 Å². The Balaban J connectivity index is 1.56. The molecular weight excluding hydrogens is 373 g/mol. The van der Waals surface area contributed by atoms with E-state index >= 15 is 0 Å². The van der Waals surface area contributed by atoms with E-state index in [0.29, 0.717) is 29.1 Å². The van der Waals surface area contributed by atoms with Crippen molar-refractivity contribution in [1.82, 2.24) is 19.9 Å². The van der Waals surface area contributed by atoms with Gasteiger partial charge < -0.3 is 14.8 Å². The number of anilines is 2. The third-order valence-electron chi connectivity index (χ3n) is 4.21. The third kappa shape index (κ3) is 4.23. The van der Waals surface area contributed by atoms with Crippen molar-refractivity contribution in [2.24, 2.45) is 0 Å². The van der Waals surface area contributed by atoms with Crippen molar-refractivity contribution in [2.45, 2.75) is 25.4 Å². The Morgan fingerprint density at radius 1 is 1.26 bits per heavy atom. The number of rotatable bonds is 5. The summed E-state index contributed by atoms with van der Waals surface area (Å²) in [5.41, 5.74) is 1.63. The van der Waals surface area contributed by atoms with E-state index in [9.17, 15) is 4.39 Å². The first-order valence-corrected chi connectivity index (χ1v) is 9.01. The lowest BCUT2D eigenvalue weighted by Gasteiger charge is -2.22. The minimum Gasteiger partial charge on any atom is -0.461 e. The van der Waals surface area contributed by atoms with Gasteiger partial charge in [-0.3, -0.25) is 0 Å². The van der Waals surface area contributed by atoms with Crippen LogP contribution in [0.15, 0.2) is 30.7 Å². The SMILES string of the molecule is Fc1ccc(Nc2ncnc3cnc(OCC4CCCCO4)nc23)cc1Cl. The predicted octanol–water partition coefficient (Wildman–Crippen LogP) is 3.90. The second kappa shape index (κ2) is 7.98. The van der Waals surface area contributed by atoms with Gasteiger partial charge in [-0.1, -0.05) is 11.6 Å². The topological polar surface area (TPSA) is 82.1 Å².